The zero-order chi connectivity index (χ0) is 20.9. The van der Waals surface area contributed by atoms with Gasteiger partial charge in [0.15, 0.2) is 0 Å². The number of ether oxygens (including phenoxy) is 4. The van der Waals surface area contributed by atoms with E-state index in [0.29, 0.717) is 43.0 Å². The monoisotopic (exact) mass is 410 g/mol. The Morgan fingerprint density at radius 3 is 2.33 bits per heavy atom. The summed E-state index contributed by atoms with van der Waals surface area (Å²) < 4.78 is 21.9. The van der Waals surface area contributed by atoms with E-state index in [0.717, 1.165) is 35.4 Å². The normalized spacial score (nSPS) is 13.9. The van der Waals surface area contributed by atoms with E-state index in [2.05, 4.69) is 10.2 Å². The molecule has 8 heteroatoms. The van der Waals surface area contributed by atoms with E-state index >= 15 is 0 Å². The highest BCUT2D eigenvalue weighted by Gasteiger charge is 2.18. The van der Waals surface area contributed by atoms with Gasteiger partial charge in [-0.1, -0.05) is 12.1 Å². The van der Waals surface area contributed by atoms with Gasteiger partial charge in [-0.15, -0.1) is 0 Å². The predicted molar refractivity (Wildman–Crippen MR) is 116 cm³/mol. The highest BCUT2D eigenvalue weighted by Crippen LogP contribution is 2.35. The third-order valence-corrected chi connectivity index (χ3v) is 5.14. The Labute approximate surface area is 175 Å². The molecule has 0 unspecified atom stereocenters. The second-order valence-corrected chi connectivity index (χ2v) is 6.85. The van der Waals surface area contributed by atoms with Crippen molar-refractivity contribution in [3.8, 4) is 17.2 Å². The summed E-state index contributed by atoms with van der Waals surface area (Å²) in [5.41, 5.74) is 1.78. The van der Waals surface area contributed by atoms with Gasteiger partial charge in [-0.2, -0.15) is 4.98 Å². The van der Waals surface area contributed by atoms with Crippen LogP contribution in [0.1, 0.15) is 5.56 Å². The van der Waals surface area contributed by atoms with E-state index in [1.54, 1.807) is 21.3 Å². The number of benzene rings is 2. The minimum atomic E-state index is 0.472. The van der Waals surface area contributed by atoms with E-state index in [-0.39, 0.29) is 0 Å². The molecule has 0 radical (unpaired) electrons. The maximum Gasteiger partial charge on any atom is 0.228 e. The minimum Gasteiger partial charge on any atom is -0.496 e. The summed E-state index contributed by atoms with van der Waals surface area (Å²) in [6.07, 6.45) is 0. The van der Waals surface area contributed by atoms with Crippen LogP contribution in [0.2, 0.25) is 0 Å². The summed E-state index contributed by atoms with van der Waals surface area (Å²) in [5.74, 6) is 3.51. The fourth-order valence-corrected chi connectivity index (χ4v) is 3.53. The van der Waals surface area contributed by atoms with Gasteiger partial charge < -0.3 is 29.2 Å². The molecule has 2 aromatic carbocycles. The van der Waals surface area contributed by atoms with E-state index in [9.17, 15) is 0 Å². The topological polar surface area (TPSA) is 78.0 Å². The van der Waals surface area contributed by atoms with Crippen LogP contribution in [0.3, 0.4) is 0 Å². The molecule has 0 amide bonds. The Balaban J connectivity index is 1.69. The standard InChI is InChI=1S/C22H26N4O4/c1-27-15-12-19(28-2)17(20(13-15)29-3)14-23-21-16-6-4-5-7-18(16)24-22(25-21)26-8-10-30-11-9-26/h4-7,12-13H,8-11,14H2,1-3H3,(H,23,24,25). The van der Waals surface area contributed by atoms with Gasteiger partial charge in [-0.05, 0) is 12.1 Å². The highest BCUT2D eigenvalue weighted by molar-refractivity contribution is 5.90. The van der Waals surface area contributed by atoms with Gasteiger partial charge in [0.1, 0.15) is 23.1 Å². The summed E-state index contributed by atoms with van der Waals surface area (Å²) in [4.78, 5) is 11.7. The van der Waals surface area contributed by atoms with Gasteiger partial charge >= 0.3 is 0 Å². The zero-order valence-corrected chi connectivity index (χ0v) is 17.5. The van der Waals surface area contributed by atoms with Crippen molar-refractivity contribution in [1.82, 2.24) is 9.97 Å². The molecular weight excluding hydrogens is 384 g/mol. The lowest BCUT2D eigenvalue weighted by Crippen LogP contribution is -2.37. The van der Waals surface area contributed by atoms with Crippen LogP contribution in [0.25, 0.3) is 10.9 Å². The maximum atomic E-state index is 5.57. The first kappa shape index (κ1) is 20.0. The SMILES string of the molecule is COc1cc(OC)c(CNc2nc(N3CCOCC3)nc3ccccc23)c(OC)c1. The molecule has 8 nitrogen and oxygen atoms in total. The summed E-state index contributed by atoms with van der Waals surface area (Å²) >= 11 is 0. The number of hydrogen-bond donors (Lipinski definition) is 1. The third-order valence-electron chi connectivity index (χ3n) is 5.14. The average Bonchev–Trinajstić information content (AvgIpc) is 2.82. The maximum absolute atomic E-state index is 5.57. The molecule has 0 spiro atoms. The number of hydrogen-bond acceptors (Lipinski definition) is 8. The fraction of sp³-hybridized carbons (Fsp3) is 0.364. The number of aromatic nitrogens is 2. The van der Waals surface area contributed by atoms with E-state index in [4.69, 9.17) is 28.9 Å². The Morgan fingerprint density at radius 1 is 0.967 bits per heavy atom. The quantitative estimate of drug-likeness (QED) is 0.637. The van der Waals surface area contributed by atoms with E-state index < -0.39 is 0 Å². The molecular formula is C22H26N4O4. The molecule has 158 valence electrons. The highest BCUT2D eigenvalue weighted by atomic mass is 16.5. The molecule has 3 aromatic rings. The number of para-hydroxylation sites is 1. The van der Waals surface area contributed by atoms with Gasteiger partial charge in [0.05, 0.1) is 45.6 Å². The van der Waals surface area contributed by atoms with Crippen LogP contribution in [0.4, 0.5) is 11.8 Å². The molecule has 0 atom stereocenters. The van der Waals surface area contributed by atoms with Crippen molar-refractivity contribution in [3.63, 3.8) is 0 Å². The van der Waals surface area contributed by atoms with Crippen LogP contribution in [-0.4, -0.2) is 57.6 Å². The summed E-state index contributed by atoms with van der Waals surface area (Å²) in [7, 11) is 4.88. The van der Waals surface area contributed by atoms with Gasteiger partial charge in [-0.25, -0.2) is 4.98 Å². The van der Waals surface area contributed by atoms with Crippen molar-refractivity contribution in [3.05, 3.63) is 42.0 Å². The molecule has 1 saturated heterocycles. The van der Waals surface area contributed by atoms with E-state index in [1.165, 1.54) is 0 Å². The van der Waals surface area contributed by atoms with Crippen LogP contribution >= 0.6 is 0 Å². The largest absolute Gasteiger partial charge is 0.496 e. The van der Waals surface area contributed by atoms with Gasteiger partial charge in [0.25, 0.3) is 0 Å². The van der Waals surface area contributed by atoms with Crippen LogP contribution in [-0.2, 0) is 11.3 Å². The molecule has 1 fully saturated rings. The van der Waals surface area contributed by atoms with Gasteiger partial charge in [0.2, 0.25) is 5.95 Å². The molecule has 0 saturated carbocycles. The second kappa shape index (κ2) is 9.04. The Morgan fingerprint density at radius 2 is 1.67 bits per heavy atom. The lowest BCUT2D eigenvalue weighted by atomic mass is 10.1. The number of nitrogens with zero attached hydrogens (tertiary/aromatic N) is 3. The van der Waals surface area contributed by atoms with Crippen LogP contribution in [0.15, 0.2) is 36.4 Å². The van der Waals surface area contributed by atoms with Crippen molar-refractivity contribution < 1.29 is 18.9 Å². The first-order chi connectivity index (χ1) is 14.7. The average molecular weight is 410 g/mol. The molecule has 1 N–H and O–H groups in total. The number of anilines is 2. The Bertz CT molecular complexity index is 996. The zero-order valence-electron chi connectivity index (χ0n) is 17.5. The fourth-order valence-electron chi connectivity index (χ4n) is 3.53. The molecule has 1 aliphatic rings. The summed E-state index contributed by atoms with van der Waals surface area (Å²) in [5, 5.41) is 4.42. The smallest absolute Gasteiger partial charge is 0.228 e. The number of nitrogens with one attached hydrogen (secondary N) is 1. The second-order valence-electron chi connectivity index (χ2n) is 6.85. The first-order valence-corrected chi connectivity index (χ1v) is 9.85. The molecule has 0 bridgehead atoms. The van der Waals surface area contributed by atoms with Crippen molar-refractivity contribution in [2.45, 2.75) is 6.54 Å². The number of fused-ring (bicyclic) bond motifs is 1. The Kier molecular flexibility index (Phi) is 6.04. The van der Waals surface area contributed by atoms with Gasteiger partial charge in [0, 0.05) is 37.2 Å². The van der Waals surface area contributed by atoms with Crippen LogP contribution in [0.5, 0.6) is 17.2 Å². The van der Waals surface area contributed by atoms with Gasteiger partial charge in [-0.3, -0.25) is 0 Å². The molecule has 2 heterocycles. The number of methoxy groups -OCH3 is 3. The van der Waals surface area contributed by atoms with Crippen molar-refractivity contribution >= 4 is 22.7 Å². The first-order valence-electron chi connectivity index (χ1n) is 9.85. The molecule has 4 rings (SSSR count). The number of morpholine rings is 1. The van der Waals surface area contributed by atoms with Crippen molar-refractivity contribution in [1.29, 1.82) is 0 Å². The van der Waals surface area contributed by atoms with Crippen LogP contribution < -0.4 is 24.4 Å². The lowest BCUT2D eigenvalue weighted by Gasteiger charge is -2.27. The number of rotatable bonds is 7. The minimum absolute atomic E-state index is 0.472. The predicted octanol–water partition coefficient (Wildman–Crippen LogP) is 3.10. The molecule has 1 aliphatic heterocycles. The lowest BCUT2D eigenvalue weighted by molar-refractivity contribution is 0.122. The van der Waals surface area contributed by atoms with Crippen LogP contribution in [0, 0.1) is 0 Å². The molecule has 1 aromatic heterocycles. The Hall–Kier alpha value is -3.26. The molecule has 30 heavy (non-hydrogen) atoms. The van der Waals surface area contributed by atoms with Crippen molar-refractivity contribution in [2.75, 3.05) is 57.8 Å². The van der Waals surface area contributed by atoms with Crippen molar-refractivity contribution in [2.24, 2.45) is 0 Å². The molecule has 0 aliphatic carbocycles. The third kappa shape index (κ3) is 4.04. The van der Waals surface area contributed by atoms with E-state index in [1.807, 2.05) is 36.4 Å². The summed E-state index contributed by atoms with van der Waals surface area (Å²) in [6, 6.07) is 11.7. The summed E-state index contributed by atoms with van der Waals surface area (Å²) in [6.45, 7) is 3.38.